The van der Waals surface area contributed by atoms with Crippen molar-refractivity contribution < 1.29 is 14.8 Å². The maximum atomic E-state index is 12.1. The van der Waals surface area contributed by atoms with Crippen molar-refractivity contribution in [2.45, 2.75) is 19.1 Å². The van der Waals surface area contributed by atoms with Crippen LogP contribution in [0, 0.1) is 10.1 Å². The number of nitro groups is 1. The van der Waals surface area contributed by atoms with E-state index in [1.165, 1.54) is 24.3 Å². The molecule has 2 aromatic carbocycles. The number of aliphatic hydroxyl groups excluding tert-OH is 1. The molecule has 2 N–H and O–H groups in total. The minimum Gasteiger partial charge on any atom is -0.386 e. The van der Waals surface area contributed by atoms with E-state index in [1.807, 2.05) is 18.2 Å². The molecule has 6 nitrogen and oxygen atoms in total. The van der Waals surface area contributed by atoms with Crippen LogP contribution in [-0.2, 0) is 0 Å². The molecular formula is C16H16N2O4. The van der Waals surface area contributed by atoms with Crippen molar-refractivity contribution in [1.29, 1.82) is 0 Å². The molecule has 2 aromatic rings. The van der Waals surface area contributed by atoms with Crippen LogP contribution in [0.15, 0.2) is 54.6 Å². The number of hydrogen-bond acceptors (Lipinski definition) is 4. The zero-order valence-corrected chi connectivity index (χ0v) is 12.0. The Morgan fingerprint density at radius 2 is 1.73 bits per heavy atom. The van der Waals surface area contributed by atoms with Crippen molar-refractivity contribution in [3.05, 3.63) is 75.8 Å². The third kappa shape index (κ3) is 3.67. The van der Waals surface area contributed by atoms with Crippen molar-refractivity contribution in [2.75, 3.05) is 0 Å². The van der Waals surface area contributed by atoms with Crippen LogP contribution in [0.5, 0.6) is 0 Å². The van der Waals surface area contributed by atoms with Crippen molar-refractivity contribution in [3.8, 4) is 0 Å². The highest BCUT2D eigenvalue weighted by Gasteiger charge is 2.19. The molecule has 0 aliphatic heterocycles. The second-order valence-electron chi connectivity index (χ2n) is 4.92. The van der Waals surface area contributed by atoms with E-state index >= 15 is 0 Å². The van der Waals surface area contributed by atoms with Crippen LogP contribution < -0.4 is 5.32 Å². The monoisotopic (exact) mass is 300 g/mol. The predicted octanol–water partition coefficient (Wildman–Crippen LogP) is 2.45. The number of carbonyl (C=O) groups excluding carboxylic acids is 1. The van der Waals surface area contributed by atoms with Gasteiger partial charge in [-0.3, -0.25) is 14.9 Å². The molecule has 0 aromatic heterocycles. The van der Waals surface area contributed by atoms with Gasteiger partial charge in [-0.2, -0.15) is 0 Å². The standard InChI is InChI=1S/C16H16N2O4/c1-11(15(19)12-5-3-2-4-6-12)17-16(20)13-7-9-14(10-8-13)18(21)22/h2-11,15,19H,1H3,(H,17,20)/t11-,15-/m0/s1. The Kier molecular flexibility index (Phi) is 4.85. The summed E-state index contributed by atoms with van der Waals surface area (Å²) in [4.78, 5) is 22.1. The van der Waals surface area contributed by atoms with E-state index in [4.69, 9.17) is 0 Å². The van der Waals surface area contributed by atoms with Crippen LogP contribution in [0.2, 0.25) is 0 Å². The summed E-state index contributed by atoms with van der Waals surface area (Å²) in [7, 11) is 0. The van der Waals surface area contributed by atoms with E-state index in [2.05, 4.69) is 5.32 Å². The minimum absolute atomic E-state index is 0.0751. The smallest absolute Gasteiger partial charge is 0.269 e. The fraction of sp³-hybridized carbons (Fsp3) is 0.188. The average Bonchev–Trinajstić information content (AvgIpc) is 2.54. The molecule has 0 heterocycles. The first-order valence-electron chi connectivity index (χ1n) is 6.77. The quantitative estimate of drug-likeness (QED) is 0.655. The van der Waals surface area contributed by atoms with Gasteiger partial charge >= 0.3 is 0 Å². The number of benzene rings is 2. The summed E-state index contributed by atoms with van der Waals surface area (Å²) < 4.78 is 0. The van der Waals surface area contributed by atoms with Crippen LogP contribution in [0.1, 0.15) is 28.9 Å². The number of hydrogen-bond donors (Lipinski definition) is 2. The third-order valence-corrected chi connectivity index (χ3v) is 3.31. The van der Waals surface area contributed by atoms with Crippen molar-refractivity contribution in [1.82, 2.24) is 5.32 Å². The number of aliphatic hydroxyl groups is 1. The van der Waals surface area contributed by atoms with Gasteiger partial charge in [0, 0.05) is 17.7 Å². The third-order valence-electron chi connectivity index (χ3n) is 3.31. The summed E-state index contributed by atoms with van der Waals surface area (Å²) >= 11 is 0. The molecule has 0 radical (unpaired) electrons. The molecule has 6 heteroatoms. The summed E-state index contributed by atoms with van der Waals surface area (Å²) in [5.74, 6) is -0.391. The Labute approximate surface area is 127 Å². The fourth-order valence-electron chi connectivity index (χ4n) is 2.04. The molecule has 1 amide bonds. The largest absolute Gasteiger partial charge is 0.386 e. The van der Waals surface area contributed by atoms with Crippen LogP contribution in [0.4, 0.5) is 5.69 Å². The molecule has 2 rings (SSSR count). The molecule has 0 bridgehead atoms. The van der Waals surface area contributed by atoms with E-state index in [-0.39, 0.29) is 5.69 Å². The number of amides is 1. The number of rotatable bonds is 5. The van der Waals surface area contributed by atoms with Crippen LogP contribution >= 0.6 is 0 Å². The highest BCUT2D eigenvalue weighted by atomic mass is 16.6. The molecular weight excluding hydrogens is 284 g/mol. The van der Waals surface area contributed by atoms with E-state index in [0.29, 0.717) is 11.1 Å². The van der Waals surface area contributed by atoms with Gasteiger partial charge in [0.05, 0.1) is 17.1 Å². The first-order chi connectivity index (χ1) is 10.5. The molecule has 0 aliphatic rings. The second kappa shape index (κ2) is 6.82. The zero-order chi connectivity index (χ0) is 16.1. The number of nitrogens with one attached hydrogen (secondary N) is 1. The Bertz CT molecular complexity index is 656. The van der Waals surface area contributed by atoms with Crippen LogP contribution in [0.25, 0.3) is 0 Å². The minimum atomic E-state index is -0.830. The predicted molar refractivity (Wildman–Crippen MR) is 81.4 cm³/mol. The van der Waals surface area contributed by atoms with Gasteiger partial charge in [-0.25, -0.2) is 0 Å². The maximum absolute atomic E-state index is 12.1. The molecule has 114 valence electrons. The number of non-ortho nitro benzene ring substituents is 1. The highest BCUT2D eigenvalue weighted by molar-refractivity contribution is 5.94. The first-order valence-corrected chi connectivity index (χ1v) is 6.77. The van der Waals surface area contributed by atoms with Gasteiger partial charge in [0.15, 0.2) is 0 Å². The normalized spacial score (nSPS) is 13.2. The van der Waals surface area contributed by atoms with E-state index < -0.39 is 23.0 Å². The Morgan fingerprint density at radius 3 is 2.27 bits per heavy atom. The number of nitro benzene ring substituents is 1. The summed E-state index contributed by atoms with van der Waals surface area (Å²) in [6.07, 6.45) is -0.830. The molecule has 2 atom stereocenters. The maximum Gasteiger partial charge on any atom is 0.269 e. The van der Waals surface area contributed by atoms with Gasteiger partial charge in [0.25, 0.3) is 11.6 Å². The van der Waals surface area contributed by atoms with E-state index in [1.54, 1.807) is 19.1 Å². The van der Waals surface area contributed by atoms with Gasteiger partial charge in [0.1, 0.15) is 0 Å². The lowest BCUT2D eigenvalue weighted by Gasteiger charge is -2.20. The van der Waals surface area contributed by atoms with Crippen LogP contribution in [0.3, 0.4) is 0 Å². The van der Waals surface area contributed by atoms with Crippen molar-refractivity contribution in [3.63, 3.8) is 0 Å². The number of carbonyl (C=O) groups is 1. The zero-order valence-electron chi connectivity index (χ0n) is 12.0. The first kappa shape index (κ1) is 15.7. The summed E-state index contributed by atoms with van der Waals surface area (Å²) in [6.45, 7) is 1.70. The molecule has 22 heavy (non-hydrogen) atoms. The molecule has 0 saturated carbocycles. The molecule has 0 unspecified atom stereocenters. The molecule has 0 aliphatic carbocycles. The summed E-state index contributed by atoms with van der Waals surface area (Å²) in [6, 6.07) is 13.8. The van der Waals surface area contributed by atoms with Gasteiger partial charge in [-0.15, -0.1) is 0 Å². The fourth-order valence-corrected chi connectivity index (χ4v) is 2.04. The Morgan fingerprint density at radius 1 is 1.14 bits per heavy atom. The highest BCUT2D eigenvalue weighted by Crippen LogP contribution is 2.17. The topological polar surface area (TPSA) is 92.5 Å². The second-order valence-corrected chi connectivity index (χ2v) is 4.92. The number of nitrogens with zero attached hydrogens (tertiary/aromatic N) is 1. The van der Waals surface area contributed by atoms with Gasteiger partial charge in [-0.05, 0) is 24.6 Å². The SMILES string of the molecule is C[C@H](NC(=O)c1ccc([N+](=O)[O-])cc1)[C@H](O)c1ccccc1. The van der Waals surface area contributed by atoms with Crippen molar-refractivity contribution >= 4 is 11.6 Å². The molecule has 0 saturated heterocycles. The summed E-state index contributed by atoms with van der Waals surface area (Å²) in [5.41, 5.74) is 0.936. The lowest BCUT2D eigenvalue weighted by atomic mass is 10.0. The lowest BCUT2D eigenvalue weighted by Crippen LogP contribution is -2.37. The molecule has 0 spiro atoms. The van der Waals surface area contributed by atoms with Gasteiger partial charge in [0.2, 0.25) is 0 Å². The Hall–Kier alpha value is -2.73. The van der Waals surface area contributed by atoms with Crippen molar-refractivity contribution in [2.24, 2.45) is 0 Å². The summed E-state index contributed by atoms with van der Waals surface area (Å²) in [5, 5.41) is 23.5. The lowest BCUT2D eigenvalue weighted by molar-refractivity contribution is -0.384. The average molecular weight is 300 g/mol. The van der Waals surface area contributed by atoms with Gasteiger partial charge in [-0.1, -0.05) is 30.3 Å². The van der Waals surface area contributed by atoms with Gasteiger partial charge < -0.3 is 10.4 Å². The molecule has 0 fully saturated rings. The Balaban J connectivity index is 2.03. The van der Waals surface area contributed by atoms with E-state index in [9.17, 15) is 20.0 Å². The van der Waals surface area contributed by atoms with Crippen LogP contribution in [-0.4, -0.2) is 22.0 Å². The van der Waals surface area contributed by atoms with E-state index in [0.717, 1.165) is 0 Å².